The molecule has 3 aromatic rings. The monoisotopic (exact) mass is 344 g/mol. The topological polar surface area (TPSA) is 39.4 Å². The fourth-order valence-corrected chi connectivity index (χ4v) is 2.73. The molecule has 0 radical (unpaired) electrons. The molecule has 0 N–H and O–H groups in total. The molecule has 21 heavy (non-hydrogen) atoms. The van der Waals surface area contributed by atoms with Crippen LogP contribution in [0.5, 0.6) is 5.75 Å². The highest BCUT2D eigenvalue weighted by molar-refractivity contribution is 9.08. The van der Waals surface area contributed by atoms with Crippen LogP contribution in [-0.4, -0.2) is 7.11 Å². The minimum Gasteiger partial charge on any atom is -0.497 e. The summed E-state index contributed by atoms with van der Waals surface area (Å²) >= 11 is 3.40. The first-order valence-electron chi connectivity index (χ1n) is 6.49. The molecular weight excluding hydrogens is 332 g/mol. The highest BCUT2D eigenvalue weighted by Crippen LogP contribution is 2.27. The number of hydrogen-bond acceptors (Lipinski definition) is 3. The summed E-state index contributed by atoms with van der Waals surface area (Å²) in [6, 6.07) is 14.8. The van der Waals surface area contributed by atoms with E-state index in [0.717, 1.165) is 5.56 Å². The average molecular weight is 345 g/mol. The van der Waals surface area contributed by atoms with Crippen LogP contribution >= 0.6 is 15.9 Å². The quantitative estimate of drug-likeness (QED) is 0.662. The second-order valence-electron chi connectivity index (χ2n) is 4.59. The van der Waals surface area contributed by atoms with Crippen LogP contribution in [0.1, 0.15) is 5.76 Å². The molecule has 1 aromatic heterocycles. The number of ether oxygens (including phenoxy) is 1. The van der Waals surface area contributed by atoms with Gasteiger partial charge in [-0.25, -0.2) is 0 Å². The molecule has 0 saturated carbocycles. The normalized spacial score (nSPS) is 10.8. The summed E-state index contributed by atoms with van der Waals surface area (Å²) in [5.41, 5.74) is 1.96. The third kappa shape index (κ3) is 2.47. The Balaban J connectivity index is 2.37. The number of benzene rings is 2. The molecule has 0 aliphatic rings. The van der Waals surface area contributed by atoms with E-state index in [2.05, 4.69) is 15.9 Å². The Morgan fingerprint density at radius 3 is 2.57 bits per heavy atom. The van der Waals surface area contributed by atoms with Gasteiger partial charge in [0.05, 0.1) is 23.4 Å². The molecular formula is C17H13BrO3. The molecule has 0 atom stereocenters. The van der Waals surface area contributed by atoms with Gasteiger partial charge in [-0.1, -0.05) is 46.3 Å². The summed E-state index contributed by atoms with van der Waals surface area (Å²) in [5.74, 6) is 1.27. The Morgan fingerprint density at radius 2 is 1.90 bits per heavy atom. The van der Waals surface area contributed by atoms with E-state index in [1.165, 1.54) is 0 Å². The third-order valence-corrected chi connectivity index (χ3v) is 3.86. The fraction of sp³-hybridized carbons (Fsp3) is 0.118. The van der Waals surface area contributed by atoms with Crippen LogP contribution in [-0.2, 0) is 5.33 Å². The van der Waals surface area contributed by atoms with Gasteiger partial charge in [0.15, 0.2) is 0 Å². The van der Waals surface area contributed by atoms with E-state index < -0.39 is 0 Å². The van der Waals surface area contributed by atoms with E-state index in [4.69, 9.17) is 9.15 Å². The van der Waals surface area contributed by atoms with Crippen molar-refractivity contribution in [1.82, 2.24) is 0 Å². The van der Waals surface area contributed by atoms with Crippen molar-refractivity contribution >= 4 is 26.9 Å². The summed E-state index contributed by atoms with van der Waals surface area (Å²) in [6.07, 6.45) is 0. The minimum atomic E-state index is -0.0456. The largest absolute Gasteiger partial charge is 0.497 e. The molecule has 0 fully saturated rings. The molecule has 0 saturated heterocycles. The van der Waals surface area contributed by atoms with Gasteiger partial charge in [-0.2, -0.15) is 0 Å². The van der Waals surface area contributed by atoms with Crippen LogP contribution < -0.4 is 10.2 Å². The molecule has 0 amide bonds. The van der Waals surface area contributed by atoms with E-state index in [1.54, 1.807) is 25.3 Å². The van der Waals surface area contributed by atoms with Crippen LogP contribution in [0.4, 0.5) is 0 Å². The number of rotatable bonds is 3. The van der Waals surface area contributed by atoms with Crippen molar-refractivity contribution in [3.8, 4) is 16.9 Å². The lowest BCUT2D eigenvalue weighted by atomic mass is 10.0. The Kier molecular flexibility index (Phi) is 3.80. The Morgan fingerprint density at radius 1 is 1.14 bits per heavy atom. The van der Waals surface area contributed by atoms with Gasteiger partial charge in [0.1, 0.15) is 17.1 Å². The molecule has 0 unspecified atom stereocenters. The van der Waals surface area contributed by atoms with Gasteiger partial charge in [0.2, 0.25) is 5.43 Å². The van der Waals surface area contributed by atoms with Gasteiger partial charge < -0.3 is 9.15 Å². The molecule has 1 heterocycles. The molecule has 0 spiro atoms. The summed E-state index contributed by atoms with van der Waals surface area (Å²) in [5, 5.41) is 1.01. The van der Waals surface area contributed by atoms with Crippen molar-refractivity contribution in [3.05, 3.63) is 64.5 Å². The zero-order chi connectivity index (χ0) is 14.8. The molecule has 0 aliphatic carbocycles. The molecule has 3 rings (SSSR count). The summed E-state index contributed by atoms with van der Waals surface area (Å²) in [4.78, 5) is 12.8. The van der Waals surface area contributed by atoms with Crippen LogP contribution in [0.25, 0.3) is 22.1 Å². The summed E-state index contributed by atoms with van der Waals surface area (Å²) < 4.78 is 11.1. The SMILES string of the molecule is COc1ccc2oc(CBr)c(-c3ccccc3)c(=O)c2c1. The number of hydrogen-bond donors (Lipinski definition) is 0. The van der Waals surface area contributed by atoms with Crippen LogP contribution in [0.3, 0.4) is 0 Å². The van der Waals surface area contributed by atoms with Crippen molar-refractivity contribution in [2.75, 3.05) is 7.11 Å². The highest BCUT2D eigenvalue weighted by Gasteiger charge is 2.15. The smallest absolute Gasteiger partial charge is 0.200 e. The first-order chi connectivity index (χ1) is 10.2. The number of methoxy groups -OCH3 is 1. The second kappa shape index (κ2) is 5.74. The zero-order valence-corrected chi connectivity index (χ0v) is 13.0. The van der Waals surface area contributed by atoms with Gasteiger partial charge in [-0.15, -0.1) is 0 Å². The standard InChI is InChI=1S/C17H13BrO3/c1-20-12-7-8-14-13(9-12)17(19)16(15(10-18)21-14)11-5-3-2-4-6-11/h2-9H,10H2,1H3. The molecule has 4 heteroatoms. The summed E-state index contributed by atoms with van der Waals surface area (Å²) in [7, 11) is 1.58. The van der Waals surface area contributed by atoms with E-state index in [9.17, 15) is 4.79 Å². The first kappa shape index (κ1) is 13.9. The lowest BCUT2D eigenvalue weighted by molar-refractivity contribution is 0.415. The first-order valence-corrected chi connectivity index (χ1v) is 7.62. The van der Waals surface area contributed by atoms with Gasteiger partial charge in [0.25, 0.3) is 0 Å². The lowest BCUT2D eigenvalue weighted by Gasteiger charge is -2.09. The molecule has 0 bridgehead atoms. The Hall–Kier alpha value is -2.07. The van der Waals surface area contributed by atoms with Crippen LogP contribution in [0, 0.1) is 0 Å². The van der Waals surface area contributed by atoms with Gasteiger partial charge in [0, 0.05) is 0 Å². The molecule has 106 valence electrons. The lowest BCUT2D eigenvalue weighted by Crippen LogP contribution is -2.08. The predicted octanol–water partition coefficient (Wildman–Crippen LogP) is 4.36. The van der Waals surface area contributed by atoms with E-state index in [-0.39, 0.29) is 5.43 Å². The van der Waals surface area contributed by atoms with Crippen molar-refractivity contribution in [2.24, 2.45) is 0 Å². The maximum atomic E-state index is 12.8. The Bertz CT molecular complexity index is 838. The molecule has 0 aliphatic heterocycles. The van der Waals surface area contributed by atoms with E-state index in [0.29, 0.717) is 33.4 Å². The van der Waals surface area contributed by atoms with E-state index >= 15 is 0 Å². The average Bonchev–Trinajstić information content (AvgIpc) is 2.55. The van der Waals surface area contributed by atoms with Gasteiger partial charge >= 0.3 is 0 Å². The van der Waals surface area contributed by atoms with E-state index in [1.807, 2.05) is 30.3 Å². The van der Waals surface area contributed by atoms with Crippen molar-refractivity contribution in [3.63, 3.8) is 0 Å². The number of halogens is 1. The van der Waals surface area contributed by atoms with Gasteiger partial charge in [-0.3, -0.25) is 4.79 Å². The number of fused-ring (bicyclic) bond motifs is 1. The summed E-state index contributed by atoms with van der Waals surface area (Å²) in [6.45, 7) is 0. The van der Waals surface area contributed by atoms with Crippen molar-refractivity contribution in [1.29, 1.82) is 0 Å². The van der Waals surface area contributed by atoms with Gasteiger partial charge in [-0.05, 0) is 23.8 Å². The predicted molar refractivity (Wildman–Crippen MR) is 87.1 cm³/mol. The third-order valence-electron chi connectivity index (χ3n) is 3.35. The second-order valence-corrected chi connectivity index (χ2v) is 5.15. The zero-order valence-electron chi connectivity index (χ0n) is 11.4. The van der Waals surface area contributed by atoms with Crippen molar-refractivity contribution in [2.45, 2.75) is 5.33 Å². The van der Waals surface area contributed by atoms with Crippen LogP contribution in [0.15, 0.2) is 57.7 Å². The molecule has 2 aromatic carbocycles. The maximum absolute atomic E-state index is 12.8. The molecule has 3 nitrogen and oxygen atoms in total. The highest BCUT2D eigenvalue weighted by atomic mass is 79.9. The van der Waals surface area contributed by atoms with Crippen molar-refractivity contribution < 1.29 is 9.15 Å². The van der Waals surface area contributed by atoms with Crippen LogP contribution in [0.2, 0.25) is 0 Å². The Labute approximate surface area is 130 Å². The maximum Gasteiger partial charge on any atom is 0.200 e. The fourth-order valence-electron chi connectivity index (χ4n) is 2.34. The minimum absolute atomic E-state index is 0.0456. The number of alkyl halides is 1.